The molecule has 1 radical (unpaired) electrons. The fourth-order valence-electron chi connectivity index (χ4n) is 1.38. The average Bonchev–Trinajstić information content (AvgIpc) is 2.41. The van der Waals surface area contributed by atoms with Crippen LogP contribution in [0.1, 0.15) is 33.6 Å². The molecule has 0 saturated heterocycles. The molecule has 0 saturated carbocycles. The van der Waals surface area contributed by atoms with Gasteiger partial charge in [0.2, 0.25) is 0 Å². The van der Waals surface area contributed by atoms with Crippen molar-refractivity contribution in [2.24, 2.45) is 5.92 Å². The standard InChI is InChI=1S/C13H24N2O3P.W.Y/c1-10(2)13(4,9-16)14-8-6-7-12(3,15-19)11(17)18-5;;/h8,10,14-15H,1,6-7,19H2,2-5H3;;/q-3;+2;. The Bertz CT molecular complexity index is 324. The van der Waals surface area contributed by atoms with Crippen molar-refractivity contribution in [2.75, 3.05) is 7.11 Å². The normalized spacial score (nSPS) is 17.2. The van der Waals surface area contributed by atoms with Gasteiger partial charge in [-0.15, -0.1) is 5.54 Å². The molecule has 2 N–H and O–H groups in total. The molecule has 0 spiro atoms. The van der Waals surface area contributed by atoms with Crippen LogP contribution in [0.3, 0.4) is 0 Å². The molecule has 0 fully saturated rings. The van der Waals surface area contributed by atoms with Gasteiger partial charge in [-0.3, -0.25) is 16.4 Å². The zero-order valence-electron chi connectivity index (χ0n) is 13.1. The molecule has 0 bridgehead atoms. The topological polar surface area (TPSA) is 67.4 Å². The van der Waals surface area contributed by atoms with Crippen molar-refractivity contribution in [3.05, 3.63) is 13.5 Å². The number of hydrogen-bond acceptors (Lipinski definition) is 5. The molecule has 0 aliphatic heterocycles. The van der Waals surface area contributed by atoms with E-state index in [-0.39, 0.29) is 65.7 Å². The van der Waals surface area contributed by atoms with Crippen molar-refractivity contribution >= 4 is 21.6 Å². The Morgan fingerprint density at radius 2 is 2.05 bits per heavy atom. The van der Waals surface area contributed by atoms with Gasteiger partial charge in [0.25, 0.3) is 0 Å². The van der Waals surface area contributed by atoms with Crippen LogP contribution >= 0.6 is 9.39 Å². The van der Waals surface area contributed by atoms with Crippen molar-refractivity contribution in [2.45, 2.75) is 44.7 Å². The predicted molar refractivity (Wildman–Crippen MR) is 78.6 cm³/mol. The number of rotatable bonds is 9. The molecule has 0 amide bonds. The Morgan fingerprint density at radius 3 is 2.38 bits per heavy atom. The minimum atomic E-state index is -0.809. The molecule has 21 heavy (non-hydrogen) atoms. The molecule has 0 aromatic heterocycles. The molecular formula is C13H24N2O3PWY-. The second-order valence-corrected chi connectivity index (χ2v) is 5.35. The van der Waals surface area contributed by atoms with Gasteiger partial charge in [-0.25, -0.2) is 6.29 Å². The first kappa shape index (κ1) is 27.1. The summed E-state index contributed by atoms with van der Waals surface area (Å²) in [4.78, 5) is 22.5. The van der Waals surface area contributed by atoms with Crippen molar-refractivity contribution in [3.8, 4) is 0 Å². The molecule has 0 aliphatic rings. The third-order valence-electron chi connectivity index (χ3n) is 3.34. The number of ether oxygens (including phenoxy) is 1. The summed E-state index contributed by atoms with van der Waals surface area (Å²) >= 11 is 0. The SMILES string of the molecule is [CH2-]C(C)C(C)([C-]=O)N[CH-]CCC(C)(NP)C(=O)OC.[W+2].[Y]. The van der Waals surface area contributed by atoms with E-state index in [0.717, 1.165) is 0 Å². The third kappa shape index (κ3) is 8.63. The smallest absolute Gasteiger partial charge is 0.540 e. The summed E-state index contributed by atoms with van der Waals surface area (Å²) in [6, 6.07) is 0. The minimum Gasteiger partial charge on any atom is -0.540 e. The van der Waals surface area contributed by atoms with E-state index in [1.165, 1.54) is 7.11 Å². The van der Waals surface area contributed by atoms with Crippen molar-refractivity contribution in [3.63, 3.8) is 0 Å². The van der Waals surface area contributed by atoms with Crippen LogP contribution in [0.4, 0.5) is 0 Å². The molecule has 8 heteroatoms. The number of hydrogen-bond donors (Lipinski definition) is 2. The molecule has 5 nitrogen and oxygen atoms in total. The Hall–Kier alpha value is 1.28. The van der Waals surface area contributed by atoms with Gasteiger partial charge in [0, 0.05) is 32.7 Å². The van der Waals surface area contributed by atoms with E-state index in [9.17, 15) is 9.59 Å². The van der Waals surface area contributed by atoms with Gasteiger partial charge in [-0.2, -0.15) is 12.3 Å². The van der Waals surface area contributed by atoms with Gasteiger partial charge in [0.05, 0.1) is 7.11 Å². The van der Waals surface area contributed by atoms with Crippen LogP contribution in [0.5, 0.6) is 0 Å². The van der Waals surface area contributed by atoms with E-state index in [4.69, 9.17) is 4.74 Å². The van der Waals surface area contributed by atoms with Gasteiger partial charge in [0.15, 0.2) is 0 Å². The van der Waals surface area contributed by atoms with Crippen molar-refractivity contribution < 1.29 is 68.1 Å². The molecule has 0 aromatic rings. The zero-order valence-corrected chi connectivity index (χ0v) is 20.0. The van der Waals surface area contributed by atoms with E-state index >= 15 is 0 Å². The minimum absolute atomic E-state index is 0. The molecular weight excluding hydrogens is 536 g/mol. The first-order valence-electron chi connectivity index (χ1n) is 6.13. The summed E-state index contributed by atoms with van der Waals surface area (Å²) in [6.07, 6.45) is 3.09. The summed E-state index contributed by atoms with van der Waals surface area (Å²) in [6.45, 7) is 10.9. The first-order valence-corrected chi connectivity index (χ1v) is 6.71. The molecule has 4 atom stereocenters. The third-order valence-corrected chi connectivity index (χ3v) is 3.98. The number of nitrogens with one attached hydrogen (secondary N) is 2. The molecule has 119 valence electrons. The van der Waals surface area contributed by atoms with Gasteiger partial charge >= 0.3 is 27.0 Å². The second kappa shape index (κ2) is 12.7. The Morgan fingerprint density at radius 1 is 1.52 bits per heavy atom. The summed E-state index contributed by atoms with van der Waals surface area (Å²) in [5.74, 6) is -0.445. The quantitative estimate of drug-likeness (QED) is 0.192. The molecule has 0 heterocycles. The maximum Gasteiger partial charge on any atom is 2.00 e. The summed E-state index contributed by atoms with van der Waals surface area (Å²) in [5, 5.41) is 5.87. The summed E-state index contributed by atoms with van der Waals surface area (Å²) in [5.41, 5.74) is -1.58. The molecule has 0 aliphatic carbocycles. The average molecular weight is 560 g/mol. The number of carbonyl (C=O) groups excluding carboxylic acids is 2. The summed E-state index contributed by atoms with van der Waals surface area (Å²) < 4.78 is 4.74. The predicted octanol–water partition coefficient (Wildman–Crippen LogP) is 1.16. The molecule has 4 unspecified atom stereocenters. The van der Waals surface area contributed by atoms with Crippen molar-refractivity contribution in [1.29, 1.82) is 0 Å². The second-order valence-electron chi connectivity index (χ2n) is 5.06. The van der Waals surface area contributed by atoms with Crippen LogP contribution in [-0.4, -0.2) is 30.4 Å². The van der Waals surface area contributed by atoms with E-state index < -0.39 is 11.1 Å². The molecule has 0 aromatic carbocycles. The van der Waals surface area contributed by atoms with Crippen LogP contribution in [0.2, 0.25) is 0 Å². The van der Waals surface area contributed by atoms with Gasteiger partial charge in [0.1, 0.15) is 5.54 Å². The van der Waals surface area contributed by atoms with Gasteiger partial charge in [-0.1, -0.05) is 29.7 Å². The molecule has 0 rings (SSSR count). The fourth-order valence-corrected chi connectivity index (χ4v) is 1.64. The first-order chi connectivity index (χ1) is 8.75. The number of esters is 1. The van der Waals surface area contributed by atoms with Crippen LogP contribution in [0.15, 0.2) is 0 Å². The van der Waals surface area contributed by atoms with Crippen LogP contribution in [-0.2, 0) is 68.1 Å². The van der Waals surface area contributed by atoms with Gasteiger partial charge in [-0.05, 0) is 6.92 Å². The zero-order chi connectivity index (χ0) is 15.1. The monoisotopic (exact) mass is 560 g/mol. The van der Waals surface area contributed by atoms with E-state index in [0.29, 0.717) is 12.8 Å². The largest absolute Gasteiger partial charge is 2.00 e. The Labute approximate surface area is 170 Å². The number of carbonyl (C=O) groups is 1. The maximum absolute atomic E-state index is 11.6. The Balaban J connectivity index is -0.00000162. The number of methoxy groups -OCH3 is 1. The van der Waals surface area contributed by atoms with Crippen LogP contribution < -0.4 is 10.4 Å². The Kier molecular flexibility index (Phi) is 16.4. The van der Waals surface area contributed by atoms with E-state index in [2.05, 4.69) is 26.7 Å². The fraction of sp³-hybridized carbons (Fsp3) is 0.692. The van der Waals surface area contributed by atoms with Crippen molar-refractivity contribution in [1.82, 2.24) is 10.4 Å². The summed E-state index contributed by atoms with van der Waals surface area (Å²) in [7, 11) is 3.68. The maximum atomic E-state index is 11.6. The van der Waals surface area contributed by atoms with Gasteiger partial charge < -0.3 is 21.8 Å². The van der Waals surface area contributed by atoms with Crippen LogP contribution in [0, 0.1) is 19.4 Å². The van der Waals surface area contributed by atoms with E-state index in [1.54, 1.807) is 20.4 Å². The van der Waals surface area contributed by atoms with E-state index in [1.807, 2.05) is 13.2 Å². The van der Waals surface area contributed by atoms with Crippen LogP contribution in [0.25, 0.3) is 0 Å².